The van der Waals surface area contributed by atoms with Crippen LogP contribution in [-0.4, -0.2) is 76.0 Å². The maximum atomic E-state index is 12.5. The average molecular weight is 849 g/mol. The zero-order chi connectivity index (χ0) is 45.0. The number of hydrogen-bond acceptors (Lipinski definition) is 8. The predicted octanol–water partition coefficient (Wildman–Crippen LogP) is 9.95. The highest BCUT2D eigenvalue weighted by Crippen LogP contribution is 2.43. The fourth-order valence-corrected chi connectivity index (χ4v) is 8.33. The molecule has 1 aliphatic carbocycles. The van der Waals surface area contributed by atoms with Gasteiger partial charge in [0.05, 0.1) is 26.4 Å². The Balaban J connectivity index is 1.67. The molecule has 6 rings (SSSR count). The summed E-state index contributed by atoms with van der Waals surface area (Å²) in [5.41, 5.74) is 11.5. The van der Waals surface area contributed by atoms with Crippen molar-refractivity contribution >= 4 is 0 Å². The topological polar surface area (TPSA) is 101 Å². The van der Waals surface area contributed by atoms with E-state index in [-0.39, 0.29) is 21.7 Å². The minimum atomic E-state index is -0.176. The molecular formula is C54H76N2O6. The van der Waals surface area contributed by atoms with Crippen LogP contribution < -0.4 is 20.1 Å². The standard InChI is InChI=1S/C54H76N2O6/c1-51(2,3)43-27-35-23-39-31-45(53(7,8)9)33-41-25-37-29-44(52(4,5)6)30-38(48(37)58)26-42-34-46(54(10,11)12)32-40(24-36(28-43)47(35)57)50(42)62-20-16-56-14-18-60-22-21-59-17-13-55-15-19-61-49(39)41/h27-34,55-58H,13-26H2,1-12H3. The van der Waals surface area contributed by atoms with E-state index >= 15 is 0 Å². The fraction of sp³-hybridized carbons (Fsp3) is 0.556. The van der Waals surface area contributed by atoms with Gasteiger partial charge in [0.1, 0.15) is 36.2 Å². The van der Waals surface area contributed by atoms with Crippen LogP contribution in [0.25, 0.3) is 0 Å². The number of fused-ring (bicyclic) bond motifs is 2. The van der Waals surface area contributed by atoms with Crippen LogP contribution in [-0.2, 0) is 56.8 Å². The molecule has 4 N–H and O–H groups in total. The molecule has 8 nitrogen and oxygen atoms in total. The Kier molecular flexibility index (Phi) is 14.8. The molecule has 0 atom stereocenters. The minimum absolute atomic E-state index is 0.171. The van der Waals surface area contributed by atoms with Gasteiger partial charge in [-0.15, -0.1) is 0 Å². The summed E-state index contributed by atoms with van der Waals surface area (Å²) in [5, 5.41) is 32.1. The Labute approximate surface area is 373 Å². The lowest BCUT2D eigenvalue weighted by molar-refractivity contribution is 0.0496. The number of phenolic OH excluding ortho intramolecular Hbond substituents is 2. The smallest absolute Gasteiger partial charge is 0.126 e. The molecule has 4 aromatic rings. The number of rotatable bonds is 0. The zero-order valence-electron chi connectivity index (χ0n) is 40.0. The quantitative estimate of drug-likeness (QED) is 0.122. The molecule has 1 heterocycles. The SMILES string of the molecule is CC(C)(C)c1cc2c(O)c(c1)Cc1cc(C(C)(C)C)cc3c1OCCNCCOCCOCCNCCOc1c(cc(C(C)(C)C)cc1Cc1cc(C(C)(C)C)cc(c1O)C3)C2. The lowest BCUT2D eigenvalue weighted by atomic mass is 9.79. The highest BCUT2D eigenvalue weighted by atomic mass is 16.5. The molecule has 0 spiro atoms. The molecule has 0 amide bonds. The third-order valence-electron chi connectivity index (χ3n) is 12.3. The number of hydrogen-bond donors (Lipinski definition) is 4. The van der Waals surface area contributed by atoms with Crippen LogP contribution in [0.15, 0.2) is 48.5 Å². The summed E-state index contributed by atoms with van der Waals surface area (Å²) in [6.45, 7) is 32.7. The van der Waals surface area contributed by atoms with Gasteiger partial charge >= 0.3 is 0 Å². The summed E-state index contributed by atoms with van der Waals surface area (Å²) in [7, 11) is 0. The predicted molar refractivity (Wildman–Crippen MR) is 253 cm³/mol. The van der Waals surface area contributed by atoms with E-state index in [1.54, 1.807) is 0 Å². The Bertz CT molecular complexity index is 1930. The van der Waals surface area contributed by atoms with Crippen LogP contribution in [0.1, 0.15) is 150 Å². The zero-order valence-corrected chi connectivity index (χ0v) is 40.0. The maximum absolute atomic E-state index is 12.5. The van der Waals surface area contributed by atoms with Crippen molar-refractivity contribution in [3.8, 4) is 23.0 Å². The summed E-state index contributed by atoms with van der Waals surface area (Å²) in [4.78, 5) is 0. The van der Waals surface area contributed by atoms with Gasteiger partial charge in [0.2, 0.25) is 0 Å². The Morgan fingerprint density at radius 3 is 0.855 bits per heavy atom. The van der Waals surface area contributed by atoms with Gasteiger partial charge in [0, 0.05) is 51.9 Å². The molecule has 0 aromatic heterocycles. The molecule has 0 saturated heterocycles. The van der Waals surface area contributed by atoms with Crippen LogP contribution >= 0.6 is 0 Å². The number of benzene rings is 4. The molecule has 0 radical (unpaired) electrons. The van der Waals surface area contributed by atoms with Crippen LogP contribution in [0.3, 0.4) is 0 Å². The van der Waals surface area contributed by atoms with Crippen LogP contribution in [0.4, 0.5) is 0 Å². The summed E-state index contributed by atoms with van der Waals surface area (Å²) < 4.78 is 25.5. The molecule has 0 saturated carbocycles. The summed E-state index contributed by atoms with van der Waals surface area (Å²) in [6, 6.07) is 17.9. The Morgan fingerprint density at radius 1 is 0.355 bits per heavy atom. The summed E-state index contributed by atoms with van der Waals surface area (Å²) in [5.74, 6) is 2.22. The first-order valence-electron chi connectivity index (χ1n) is 22.9. The van der Waals surface area contributed by atoms with Crippen molar-refractivity contribution in [3.05, 3.63) is 115 Å². The normalized spacial score (nSPS) is 16.9. The van der Waals surface area contributed by atoms with Gasteiger partial charge in [-0.25, -0.2) is 0 Å². The van der Waals surface area contributed by atoms with Crippen LogP contribution in [0.2, 0.25) is 0 Å². The van der Waals surface area contributed by atoms with E-state index in [4.69, 9.17) is 18.9 Å². The fourth-order valence-electron chi connectivity index (χ4n) is 8.33. The molecule has 8 heteroatoms. The Morgan fingerprint density at radius 2 is 0.597 bits per heavy atom. The highest BCUT2D eigenvalue weighted by molar-refractivity contribution is 5.59. The van der Waals surface area contributed by atoms with E-state index in [1.807, 2.05) is 0 Å². The third kappa shape index (κ3) is 11.9. The Hall–Kier alpha value is -4.08. The molecule has 338 valence electrons. The molecule has 0 unspecified atom stereocenters. The van der Waals surface area contributed by atoms with Gasteiger partial charge in [-0.1, -0.05) is 132 Å². The number of aromatic hydroxyl groups is 2. The maximum Gasteiger partial charge on any atom is 0.126 e. The van der Waals surface area contributed by atoms with E-state index in [2.05, 4.69) is 142 Å². The minimum Gasteiger partial charge on any atom is -0.507 e. The van der Waals surface area contributed by atoms with E-state index in [1.165, 1.54) is 11.1 Å². The first kappa shape index (κ1) is 47.4. The van der Waals surface area contributed by atoms with E-state index < -0.39 is 0 Å². The van der Waals surface area contributed by atoms with E-state index in [9.17, 15) is 10.2 Å². The third-order valence-corrected chi connectivity index (χ3v) is 12.3. The molecule has 2 aliphatic rings. The van der Waals surface area contributed by atoms with Crippen LogP contribution in [0.5, 0.6) is 23.0 Å². The molecular weight excluding hydrogens is 773 g/mol. The van der Waals surface area contributed by atoms with Gasteiger partial charge in [0.15, 0.2) is 0 Å². The average Bonchev–Trinajstić information content (AvgIpc) is 3.16. The highest BCUT2D eigenvalue weighted by Gasteiger charge is 2.28. The second-order valence-corrected chi connectivity index (χ2v) is 21.7. The van der Waals surface area contributed by atoms with Crippen molar-refractivity contribution in [2.45, 2.75) is 130 Å². The molecule has 1 aliphatic heterocycles. The lowest BCUT2D eigenvalue weighted by Crippen LogP contribution is -2.27. The largest absolute Gasteiger partial charge is 0.507 e. The van der Waals surface area contributed by atoms with Gasteiger partial charge in [0.25, 0.3) is 0 Å². The van der Waals surface area contributed by atoms with E-state index in [0.29, 0.717) is 103 Å². The van der Waals surface area contributed by atoms with Gasteiger partial charge in [-0.05, 0) is 88.4 Å². The monoisotopic (exact) mass is 849 g/mol. The van der Waals surface area contributed by atoms with Gasteiger partial charge < -0.3 is 39.8 Å². The number of phenols is 2. The van der Waals surface area contributed by atoms with Gasteiger partial charge in [-0.2, -0.15) is 0 Å². The van der Waals surface area contributed by atoms with Crippen molar-refractivity contribution in [3.63, 3.8) is 0 Å². The molecule has 62 heavy (non-hydrogen) atoms. The molecule has 0 fully saturated rings. The second-order valence-electron chi connectivity index (χ2n) is 21.7. The summed E-state index contributed by atoms with van der Waals surface area (Å²) in [6.07, 6.45) is 1.89. The number of ether oxygens (including phenoxy) is 4. The van der Waals surface area contributed by atoms with Crippen molar-refractivity contribution in [2.24, 2.45) is 0 Å². The number of nitrogens with one attached hydrogen (secondary N) is 2. The van der Waals surface area contributed by atoms with Crippen molar-refractivity contribution < 1.29 is 29.2 Å². The first-order chi connectivity index (χ1) is 29.1. The van der Waals surface area contributed by atoms with Crippen molar-refractivity contribution in [2.75, 3.05) is 65.8 Å². The van der Waals surface area contributed by atoms with Crippen molar-refractivity contribution in [1.29, 1.82) is 0 Å². The molecule has 4 aromatic carbocycles. The van der Waals surface area contributed by atoms with Gasteiger partial charge in [-0.3, -0.25) is 0 Å². The molecule has 10 bridgehead atoms. The summed E-state index contributed by atoms with van der Waals surface area (Å²) >= 11 is 0. The van der Waals surface area contributed by atoms with Crippen molar-refractivity contribution in [1.82, 2.24) is 10.6 Å². The lowest BCUT2D eigenvalue weighted by Gasteiger charge is -2.28. The second kappa shape index (κ2) is 19.3. The first-order valence-corrected chi connectivity index (χ1v) is 22.9. The van der Waals surface area contributed by atoms with E-state index in [0.717, 1.165) is 67.1 Å². The van der Waals surface area contributed by atoms with Crippen LogP contribution in [0, 0.1) is 0 Å².